The summed E-state index contributed by atoms with van der Waals surface area (Å²) in [6, 6.07) is 0. The van der Waals surface area contributed by atoms with Gasteiger partial charge in [0.15, 0.2) is 5.13 Å². The Morgan fingerprint density at radius 3 is 2.86 bits per heavy atom. The zero-order valence-electron chi connectivity index (χ0n) is 12.5. The number of ether oxygens (including phenoxy) is 1. The van der Waals surface area contributed by atoms with Gasteiger partial charge in [-0.3, -0.25) is 4.21 Å². The molecule has 0 amide bonds. The number of methoxy groups -OCH3 is 1. The Morgan fingerprint density at radius 2 is 2.19 bits per heavy atom. The highest BCUT2D eigenvalue weighted by Crippen LogP contribution is 2.44. The van der Waals surface area contributed by atoms with Gasteiger partial charge in [0.1, 0.15) is 0 Å². The number of anilines is 1. The van der Waals surface area contributed by atoms with Gasteiger partial charge in [0.05, 0.1) is 12.3 Å². The summed E-state index contributed by atoms with van der Waals surface area (Å²) < 4.78 is 16.5. The summed E-state index contributed by atoms with van der Waals surface area (Å²) in [5.74, 6) is 2.23. The normalized spacial score (nSPS) is 20.1. The molecule has 1 aliphatic carbocycles. The van der Waals surface area contributed by atoms with E-state index >= 15 is 0 Å². The third kappa shape index (κ3) is 4.03. The summed E-state index contributed by atoms with van der Waals surface area (Å²) in [4.78, 5) is 8.57. The Labute approximate surface area is 132 Å². The number of rotatable bonds is 7. The molecule has 2 heterocycles. The van der Waals surface area contributed by atoms with Crippen molar-refractivity contribution in [3.8, 4) is 0 Å². The van der Waals surface area contributed by atoms with Crippen molar-refractivity contribution in [2.45, 2.75) is 25.3 Å². The lowest BCUT2D eigenvalue weighted by Gasteiger charge is -2.25. The molecule has 0 bridgehead atoms. The molecule has 1 aromatic heterocycles. The van der Waals surface area contributed by atoms with Gasteiger partial charge in [-0.15, -0.1) is 11.3 Å². The van der Waals surface area contributed by atoms with Crippen molar-refractivity contribution in [1.29, 1.82) is 0 Å². The summed E-state index contributed by atoms with van der Waals surface area (Å²) in [7, 11) is 1.10. The van der Waals surface area contributed by atoms with Crippen LogP contribution in [0.2, 0.25) is 0 Å². The molecule has 1 saturated carbocycles. The SMILES string of the molecule is COCCNCc1sc(N2CCS(=O)CC2)nc1C1CC1. The molecular formula is C14H23N3O2S2. The number of hydrogen-bond donors (Lipinski definition) is 1. The Hall–Kier alpha value is -0.500. The van der Waals surface area contributed by atoms with Crippen LogP contribution in [0, 0.1) is 0 Å². The smallest absolute Gasteiger partial charge is 0.185 e. The second-order valence-electron chi connectivity index (χ2n) is 5.58. The third-order valence-corrected chi connectivity index (χ3v) is 6.30. The maximum atomic E-state index is 11.5. The van der Waals surface area contributed by atoms with E-state index < -0.39 is 10.8 Å². The van der Waals surface area contributed by atoms with Gasteiger partial charge in [-0.2, -0.15) is 0 Å². The Balaban J connectivity index is 1.66. The Bertz CT molecular complexity index is 492. The van der Waals surface area contributed by atoms with Crippen molar-refractivity contribution in [2.75, 3.05) is 49.8 Å². The number of nitrogens with one attached hydrogen (secondary N) is 1. The van der Waals surface area contributed by atoms with Crippen LogP contribution in [0.3, 0.4) is 0 Å². The first kappa shape index (κ1) is 15.4. The maximum absolute atomic E-state index is 11.5. The van der Waals surface area contributed by atoms with Crippen molar-refractivity contribution in [3.05, 3.63) is 10.6 Å². The van der Waals surface area contributed by atoms with E-state index in [0.717, 1.165) is 49.4 Å². The quantitative estimate of drug-likeness (QED) is 0.765. The van der Waals surface area contributed by atoms with E-state index in [-0.39, 0.29) is 0 Å². The van der Waals surface area contributed by atoms with Gasteiger partial charge in [-0.25, -0.2) is 4.98 Å². The van der Waals surface area contributed by atoms with E-state index in [1.165, 1.54) is 23.4 Å². The number of thiazole rings is 1. The lowest BCUT2D eigenvalue weighted by molar-refractivity contribution is 0.199. The summed E-state index contributed by atoms with van der Waals surface area (Å²) in [6.07, 6.45) is 2.55. The molecule has 0 radical (unpaired) electrons. The van der Waals surface area contributed by atoms with Gasteiger partial charge >= 0.3 is 0 Å². The molecule has 3 rings (SSSR count). The highest BCUT2D eigenvalue weighted by molar-refractivity contribution is 7.85. The zero-order valence-corrected chi connectivity index (χ0v) is 14.1. The topological polar surface area (TPSA) is 54.5 Å². The van der Waals surface area contributed by atoms with Crippen LogP contribution < -0.4 is 10.2 Å². The minimum Gasteiger partial charge on any atom is -0.383 e. The van der Waals surface area contributed by atoms with E-state index in [9.17, 15) is 4.21 Å². The van der Waals surface area contributed by atoms with Crippen LogP contribution in [-0.4, -0.2) is 54.0 Å². The molecule has 5 nitrogen and oxygen atoms in total. The summed E-state index contributed by atoms with van der Waals surface area (Å²) in [5.41, 5.74) is 1.30. The fraction of sp³-hybridized carbons (Fsp3) is 0.786. The lowest BCUT2D eigenvalue weighted by atomic mass is 10.2. The molecule has 7 heteroatoms. The summed E-state index contributed by atoms with van der Waals surface area (Å²) >= 11 is 1.81. The Kier molecular flexibility index (Phi) is 5.26. The van der Waals surface area contributed by atoms with Gasteiger partial charge in [-0.05, 0) is 12.8 Å². The molecule has 21 heavy (non-hydrogen) atoms. The van der Waals surface area contributed by atoms with Gasteiger partial charge in [-0.1, -0.05) is 0 Å². The maximum Gasteiger partial charge on any atom is 0.185 e. The van der Waals surface area contributed by atoms with Crippen LogP contribution in [0.5, 0.6) is 0 Å². The molecule has 0 aromatic carbocycles. The van der Waals surface area contributed by atoms with Crippen LogP contribution in [0.25, 0.3) is 0 Å². The molecule has 1 N–H and O–H groups in total. The third-order valence-electron chi connectivity index (χ3n) is 3.90. The van der Waals surface area contributed by atoms with Crippen LogP contribution in [0.4, 0.5) is 5.13 Å². The number of hydrogen-bond acceptors (Lipinski definition) is 6. The number of nitrogens with zero attached hydrogens (tertiary/aromatic N) is 2. The van der Waals surface area contributed by atoms with Crippen molar-refractivity contribution < 1.29 is 8.95 Å². The molecule has 0 unspecified atom stereocenters. The molecule has 2 aliphatic rings. The standard InChI is InChI=1S/C14H23N3O2S2/c1-19-7-4-15-10-12-13(11-2-3-11)16-14(20-12)17-5-8-21(18)9-6-17/h11,15H,2-10H2,1H3. The minimum absolute atomic E-state index is 0.628. The fourth-order valence-corrected chi connectivity index (χ4v) is 4.71. The molecule has 1 aromatic rings. The molecule has 0 atom stereocenters. The first-order chi connectivity index (χ1) is 10.3. The molecule has 0 spiro atoms. The van der Waals surface area contributed by atoms with Crippen molar-refractivity contribution >= 4 is 27.3 Å². The van der Waals surface area contributed by atoms with Crippen LogP contribution in [-0.2, 0) is 22.1 Å². The van der Waals surface area contributed by atoms with E-state index in [2.05, 4.69) is 10.2 Å². The first-order valence-corrected chi connectivity index (χ1v) is 9.87. The van der Waals surface area contributed by atoms with Crippen molar-refractivity contribution in [1.82, 2.24) is 10.3 Å². The molecular weight excluding hydrogens is 306 g/mol. The molecule has 1 aliphatic heterocycles. The fourth-order valence-electron chi connectivity index (χ4n) is 2.49. The van der Waals surface area contributed by atoms with Gasteiger partial charge in [0.2, 0.25) is 0 Å². The predicted octanol–water partition coefficient (Wildman–Crippen LogP) is 1.33. The van der Waals surface area contributed by atoms with Gasteiger partial charge in [0.25, 0.3) is 0 Å². The Morgan fingerprint density at radius 1 is 1.43 bits per heavy atom. The van der Waals surface area contributed by atoms with Crippen LogP contribution in [0.1, 0.15) is 29.3 Å². The van der Waals surface area contributed by atoms with Crippen molar-refractivity contribution in [3.63, 3.8) is 0 Å². The monoisotopic (exact) mass is 329 g/mol. The van der Waals surface area contributed by atoms with E-state index in [1.54, 1.807) is 18.4 Å². The van der Waals surface area contributed by atoms with Gasteiger partial charge < -0.3 is 15.0 Å². The average molecular weight is 329 g/mol. The van der Waals surface area contributed by atoms with Crippen LogP contribution in [0.15, 0.2) is 0 Å². The minimum atomic E-state index is -0.628. The number of aromatic nitrogens is 1. The second-order valence-corrected chi connectivity index (χ2v) is 8.34. The highest BCUT2D eigenvalue weighted by atomic mass is 32.2. The predicted molar refractivity (Wildman–Crippen MR) is 87.8 cm³/mol. The van der Waals surface area contributed by atoms with E-state index in [0.29, 0.717) is 5.92 Å². The molecule has 1 saturated heterocycles. The molecule has 118 valence electrons. The molecule has 2 fully saturated rings. The van der Waals surface area contributed by atoms with Gasteiger partial charge in [0, 0.05) is 66.4 Å². The largest absolute Gasteiger partial charge is 0.383 e. The average Bonchev–Trinajstić information content (AvgIpc) is 3.25. The zero-order chi connectivity index (χ0) is 14.7. The lowest BCUT2D eigenvalue weighted by Crippen LogP contribution is -2.37. The first-order valence-electron chi connectivity index (χ1n) is 7.57. The highest BCUT2D eigenvalue weighted by Gasteiger charge is 2.30. The van der Waals surface area contributed by atoms with Crippen LogP contribution >= 0.6 is 11.3 Å². The summed E-state index contributed by atoms with van der Waals surface area (Å²) in [6.45, 7) is 4.24. The van der Waals surface area contributed by atoms with Crippen molar-refractivity contribution in [2.24, 2.45) is 0 Å². The van der Waals surface area contributed by atoms with E-state index in [4.69, 9.17) is 9.72 Å². The van der Waals surface area contributed by atoms with E-state index in [1.807, 2.05) is 0 Å². The second kappa shape index (κ2) is 7.17. The summed E-state index contributed by atoms with van der Waals surface area (Å²) in [5, 5.41) is 4.55.